The summed E-state index contributed by atoms with van der Waals surface area (Å²) in [6.07, 6.45) is 3.63. The molecule has 7 nitrogen and oxygen atoms in total. The molecule has 2 amide bonds. The number of benzene rings is 2. The predicted octanol–water partition coefficient (Wildman–Crippen LogP) is 3.19. The van der Waals surface area contributed by atoms with E-state index in [0.717, 1.165) is 30.6 Å². The van der Waals surface area contributed by atoms with E-state index in [0.29, 0.717) is 26.3 Å². The lowest BCUT2D eigenvalue weighted by Gasteiger charge is -2.17. The molecule has 1 unspecified atom stereocenters. The number of rotatable bonds is 8. The first-order chi connectivity index (χ1) is 14.8. The zero-order chi connectivity index (χ0) is 20.6. The zero-order valence-corrected chi connectivity index (χ0v) is 17.0. The van der Waals surface area contributed by atoms with Gasteiger partial charge in [0.25, 0.3) is 0 Å². The van der Waals surface area contributed by atoms with Crippen molar-refractivity contribution in [1.82, 2.24) is 25.2 Å². The molecule has 4 rings (SSSR count). The van der Waals surface area contributed by atoms with E-state index in [1.165, 1.54) is 5.56 Å². The van der Waals surface area contributed by atoms with Crippen LogP contribution in [0.5, 0.6) is 0 Å². The molecule has 0 radical (unpaired) electrons. The van der Waals surface area contributed by atoms with Crippen molar-refractivity contribution in [2.24, 2.45) is 0 Å². The number of nitrogens with one attached hydrogen (secondary N) is 1. The van der Waals surface area contributed by atoms with Gasteiger partial charge in [-0.05, 0) is 24.0 Å². The van der Waals surface area contributed by atoms with Crippen molar-refractivity contribution in [2.45, 2.75) is 32.1 Å². The Morgan fingerprint density at radius 3 is 2.53 bits per heavy atom. The van der Waals surface area contributed by atoms with E-state index < -0.39 is 0 Å². The highest BCUT2D eigenvalue weighted by molar-refractivity contribution is 5.74. The van der Waals surface area contributed by atoms with Gasteiger partial charge in [0.1, 0.15) is 5.69 Å². The van der Waals surface area contributed by atoms with Crippen LogP contribution >= 0.6 is 0 Å². The molecule has 3 aromatic rings. The summed E-state index contributed by atoms with van der Waals surface area (Å²) < 4.78 is 7.59. The molecule has 0 spiro atoms. The predicted molar refractivity (Wildman–Crippen MR) is 114 cm³/mol. The maximum absolute atomic E-state index is 12.4. The Bertz CT molecular complexity index is 929. The summed E-state index contributed by atoms with van der Waals surface area (Å²) in [6, 6.07) is 20.4. The van der Waals surface area contributed by atoms with Crippen LogP contribution in [-0.4, -0.2) is 45.6 Å². The first-order valence-electron chi connectivity index (χ1n) is 10.4. The van der Waals surface area contributed by atoms with E-state index in [-0.39, 0.29) is 12.1 Å². The molecule has 1 N–H and O–H groups in total. The van der Waals surface area contributed by atoms with Gasteiger partial charge in [-0.25, -0.2) is 9.48 Å². The Morgan fingerprint density at radius 1 is 1.03 bits per heavy atom. The van der Waals surface area contributed by atoms with Crippen LogP contribution in [0, 0.1) is 0 Å². The first-order valence-corrected chi connectivity index (χ1v) is 10.4. The molecule has 1 aliphatic rings. The topological polar surface area (TPSA) is 72.3 Å². The number of likely N-dealkylation sites (tertiary alicyclic amines) is 1. The van der Waals surface area contributed by atoms with Crippen LogP contribution in [0.25, 0.3) is 0 Å². The third-order valence-electron chi connectivity index (χ3n) is 5.28. The maximum Gasteiger partial charge on any atom is 0.317 e. The average molecular weight is 406 g/mol. The Hall–Kier alpha value is -3.19. The van der Waals surface area contributed by atoms with Gasteiger partial charge >= 0.3 is 6.03 Å². The highest BCUT2D eigenvalue weighted by atomic mass is 16.5. The minimum Gasteiger partial charge on any atom is -0.370 e. The van der Waals surface area contributed by atoms with E-state index in [1.807, 2.05) is 64.3 Å². The average Bonchev–Trinajstić information content (AvgIpc) is 3.45. The van der Waals surface area contributed by atoms with Crippen molar-refractivity contribution in [1.29, 1.82) is 0 Å². The van der Waals surface area contributed by atoms with E-state index in [1.54, 1.807) is 0 Å². The van der Waals surface area contributed by atoms with Crippen molar-refractivity contribution in [3.8, 4) is 0 Å². The third kappa shape index (κ3) is 5.45. The van der Waals surface area contributed by atoms with E-state index in [4.69, 9.17) is 4.74 Å². The van der Waals surface area contributed by atoms with Crippen LogP contribution in [0.3, 0.4) is 0 Å². The molecule has 0 aliphatic carbocycles. The second-order valence-corrected chi connectivity index (χ2v) is 7.52. The van der Waals surface area contributed by atoms with E-state index in [9.17, 15) is 4.79 Å². The number of hydrogen-bond acceptors (Lipinski definition) is 4. The molecular formula is C23H27N5O2. The summed E-state index contributed by atoms with van der Waals surface area (Å²) in [6.45, 7) is 2.97. The molecule has 0 bridgehead atoms. The summed E-state index contributed by atoms with van der Waals surface area (Å²) in [4.78, 5) is 14.3. The maximum atomic E-state index is 12.4. The first kappa shape index (κ1) is 20.1. The molecule has 30 heavy (non-hydrogen) atoms. The number of amides is 2. The molecule has 0 saturated carbocycles. The Morgan fingerprint density at radius 2 is 1.77 bits per heavy atom. The minimum absolute atomic E-state index is 0.0139. The zero-order valence-electron chi connectivity index (χ0n) is 17.0. The van der Waals surface area contributed by atoms with E-state index in [2.05, 4.69) is 27.8 Å². The highest BCUT2D eigenvalue weighted by Gasteiger charge is 2.28. The lowest BCUT2D eigenvalue weighted by Crippen LogP contribution is -2.39. The second-order valence-electron chi connectivity index (χ2n) is 7.52. The molecule has 2 heterocycles. The number of carbonyl (C=O) groups is 1. The summed E-state index contributed by atoms with van der Waals surface area (Å²) >= 11 is 0. The van der Waals surface area contributed by atoms with Crippen LogP contribution in [0.2, 0.25) is 0 Å². The van der Waals surface area contributed by atoms with Gasteiger partial charge in [-0.15, -0.1) is 5.10 Å². The molecule has 1 atom stereocenters. The fourth-order valence-electron chi connectivity index (χ4n) is 3.62. The quantitative estimate of drug-likeness (QED) is 0.625. The third-order valence-corrected chi connectivity index (χ3v) is 5.28. The van der Waals surface area contributed by atoms with Gasteiger partial charge in [-0.2, -0.15) is 0 Å². The van der Waals surface area contributed by atoms with Crippen LogP contribution in [0.1, 0.15) is 29.3 Å². The Kier molecular flexibility index (Phi) is 6.72. The minimum atomic E-state index is -0.0139. The van der Waals surface area contributed by atoms with Crippen molar-refractivity contribution >= 4 is 6.03 Å². The van der Waals surface area contributed by atoms with Crippen LogP contribution < -0.4 is 5.32 Å². The Balaban J connectivity index is 1.20. The molecule has 1 aromatic heterocycles. The smallest absolute Gasteiger partial charge is 0.317 e. The number of nitrogens with zero attached hydrogens (tertiary/aromatic N) is 4. The highest BCUT2D eigenvalue weighted by Crippen LogP contribution is 2.21. The standard InChI is InChI=1S/C23H27N5O2/c29-23(24-13-11-19-7-3-1-4-8-19)27-14-12-22(16-27)28-15-21(25-26-28)18-30-17-20-9-5-2-6-10-20/h1-10,15,22H,11-14,16-18H2,(H,24,29). The fraction of sp³-hybridized carbons (Fsp3) is 0.348. The van der Waals surface area contributed by atoms with Crippen LogP contribution in [-0.2, 0) is 24.4 Å². The number of ether oxygens (including phenoxy) is 1. The number of aromatic nitrogens is 3. The number of carbonyl (C=O) groups excluding carboxylic acids is 1. The van der Waals surface area contributed by atoms with Crippen molar-refractivity contribution in [3.05, 3.63) is 83.7 Å². The molecular weight excluding hydrogens is 378 g/mol. The second kappa shape index (κ2) is 10.0. The molecule has 2 aromatic carbocycles. The van der Waals surface area contributed by atoms with Crippen LogP contribution in [0.15, 0.2) is 66.9 Å². The van der Waals surface area contributed by atoms with Gasteiger partial charge in [0.15, 0.2) is 0 Å². The Labute approximate surface area is 176 Å². The summed E-state index contributed by atoms with van der Waals surface area (Å²) in [5, 5.41) is 11.5. The van der Waals surface area contributed by atoms with Gasteiger partial charge in [0, 0.05) is 19.6 Å². The van der Waals surface area contributed by atoms with Gasteiger partial charge in [0.2, 0.25) is 0 Å². The number of hydrogen-bond donors (Lipinski definition) is 1. The number of urea groups is 1. The molecule has 1 fully saturated rings. The SMILES string of the molecule is O=C(NCCc1ccccc1)N1CCC(n2cc(COCc3ccccc3)nn2)C1. The van der Waals surface area contributed by atoms with Gasteiger partial charge in [0.05, 0.1) is 25.5 Å². The summed E-state index contributed by atoms with van der Waals surface area (Å²) in [5.74, 6) is 0. The van der Waals surface area contributed by atoms with E-state index >= 15 is 0 Å². The molecule has 156 valence electrons. The van der Waals surface area contributed by atoms with Crippen molar-refractivity contribution in [2.75, 3.05) is 19.6 Å². The lowest BCUT2D eigenvalue weighted by molar-refractivity contribution is 0.104. The summed E-state index contributed by atoms with van der Waals surface area (Å²) in [5.41, 5.74) is 3.16. The van der Waals surface area contributed by atoms with Gasteiger partial charge in [-0.1, -0.05) is 65.9 Å². The largest absolute Gasteiger partial charge is 0.370 e. The fourth-order valence-corrected chi connectivity index (χ4v) is 3.62. The van der Waals surface area contributed by atoms with Gasteiger partial charge < -0.3 is 15.0 Å². The normalized spacial score (nSPS) is 16.0. The van der Waals surface area contributed by atoms with Crippen LogP contribution in [0.4, 0.5) is 4.79 Å². The molecule has 7 heteroatoms. The van der Waals surface area contributed by atoms with Crippen molar-refractivity contribution in [3.63, 3.8) is 0 Å². The molecule has 1 aliphatic heterocycles. The van der Waals surface area contributed by atoms with Gasteiger partial charge in [-0.3, -0.25) is 0 Å². The summed E-state index contributed by atoms with van der Waals surface area (Å²) in [7, 11) is 0. The molecule has 1 saturated heterocycles. The van der Waals surface area contributed by atoms with Crippen molar-refractivity contribution < 1.29 is 9.53 Å². The lowest BCUT2D eigenvalue weighted by atomic mass is 10.1. The monoisotopic (exact) mass is 405 g/mol.